The van der Waals surface area contributed by atoms with E-state index >= 15 is 0 Å². The predicted molar refractivity (Wildman–Crippen MR) is 130 cm³/mol. The van der Waals surface area contributed by atoms with Crippen LogP contribution in [0.2, 0.25) is 5.02 Å². The molecule has 6 nitrogen and oxygen atoms in total. The van der Waals surface area contributed by atoms with E-state index in [0.29, 0.717) is 30.3 Å². The number of piperazine rings is 1. The number of anilines is 1. The van der Waals surface area contributed by atoms with Gasteiger partial charge in [-0.05, 0) is 35.8 Å². The van der Waals surface area contributed by atoms with Gasteiger partial charge >= 0.3 is 6.36 Å². The zero-order valence-corrected chi connectivity index (χ0v) is 20.7. The van der Waals surface area contributed by atoms with Crippen LogP contribution in [0.4, 0.5) is 18.9 Å². The van der Waals surface area contributed by atoms with E-state index in [1.54, 1.807) is 18.1 Å². The van der Waals surface area contributed by atoms with Gasteiger partial charge in [-0.3, -0.25) is 9.69 Å². The van der Waals surface area contributed by atoms with Gasteiger partial charge in [0.2, 0.25) is 0 Å². The molecule has 2 aliphatic rings. The highest BCUT2D eigenvalue weighted by Gasteiger charge is 2.33. The van der Waals surface area contributed by atoms with E-state index in [2.05, 4.69) is 21.1 Å². The van der Waals surface area contributed by atoms with Crippen molar-refractivity contribution in [1.29, 1.82) is 0 Å². The Morgan fingerprint density at radius 1 is 1.26 bits per heavy atom. The Morgan fingerprint density at radius 3 is 2.60 bits per heavy atom. The molecule has 1 aromatic carbocycles. The van der Waals surface area contributed by atoms with Crippen LogP contribution in [0.1, 0.15) is 22.8 Å². The average Bonchev–Trinajstić information content (AvgIpc) is 3.11. The topological polar surface area (TPSA) is 45.2 Å². The molecule has 2 aliphatic heterocycles. The SMILES string of the molecule is C=C/C=C(\C=C/C(C)CN1Cc2cc(N3CCN(CCOC)CC3)cc(Cl)c2C1=O)OC(F)(F)F. The summed E-state index contributed by atoms with van der Waals surface area (Å²) in [4.78, 5) is 19.3. The zero-order chi connectivity index (χ0) is 25.6. The normalized spacial score (nSPS) is 18.3. The van der Waals surface area contributed by atoms with Gasteiger partial charge in [0.1, 0.15) is 5.76 Å². The quantitative estimate of drug-likeness (QED) is 0.330. The second-order valence-electron chi connectivity index (χ2n) is 8.66. The number of carbonyl (C=O) groups is 1. The molecule has 1 aromatic rings. The van der Waals surface area contributed by atoms with Gasteiger partial charge in [-0.2, -0.15) is 0 Å². The Hall–Kier alpha value is -2.49. The summed E-state index contributed by atoms with van der Waals surface area (Å²) in [6.07, 6.45) is 0.375. The number of rotatable bonds is 10. The van der Waals surface area contributed by atoms with E-state index in [-0.39, 0.29) is 17.6 Å². The minimum Gasteiger partial charge on any atom is -0.406 e. The maximum absolute atomic E-state index is 13.0. The third kappa shape index (κ3) is 7.49. The minimum absolute atomic E-state index is 0.172. The Kier molecular flexibility index (Phi) is 9.27. The lowest BCUT2D eigenvalue weighted by Crippen LogP contribution is -2.47. The fraction of sp³-hybridized carbons (Fsp3) is 0.480. The molecule has 0 spiro atoms. The van der Waals surface area contributed by atoms with Gasteiger partial charge in [0.05, 0.1) is 17.2 Å². The van der Waals surface area contributed by atoms with Crippen molar-refractivity contribution in [3.05, 3.63) is 64.9 Å². The molecular weight excluding hydrogens is 483 g/mol. The molecule has 10 heteroatoms. The lowest BCUT2D eigenvalue weighted by Gasteiger charge is -2.36. The molecule has 192 valence electrons. The van der Waals surface area contributed by atoms with Crippen molar-refractivity contribution < 1.29 is 27.4 Å². The first-order chi connectivity index (χ1) is 16.6. The molecular formula is C25H31ClF3N3O3. The molecule has 1 amide bonds. The second kappa shape index (κ2) is 12.0. The van der Waals surface area contributed by atoms with Crippen LogP contribution < -0.4 is 4.90 Å². The highest BCUT2D eigenvalue weighted by atomic mass is 35.5. The standard InChI is InChI=1S/C25H31ClF3N3O3/c1-4-5-21(35-25(27,28)29)7-6-18(2)16-32-17-19-14-20(15-22(26)23(19)24(32)33)31-10-8-30(9-11-31)12-13-34-3/h4-7,14-15,18H,1,8-13,16-17H2,2-3H3/b7-6-,21-5+. The van der Waals surface area contributed by atoms with E-state index in [4.69, 9.17) is 16.3 Å². The molecule has 1 saturated heterocycles. The number of halogens is 4. The van der Waals surface area contributed by atoms with E-state index in [0.717, 1.165) is 50.1 Å². The maximum atomic E-state index is 13.0. The summed E-state index contributed by atoms with van der Waals surface area (Å²) in [6.45, 7) is 11.1. The number of amides is 1. The van der Waals surface area contributed by atoms with Crippen molar-refractivity contribution in [2.24, 2.45) is 5.92 Å². The third-order valence-electron chi connectivity index (χ3n) is 5.98. The Balaban J connectivity index is 1.63. The van der Waals surface area contributed by atoms with Crippen LogP contribution in [0.5, 0.6) is 0 Å². The summed E-state index contributed by atoms with van der Waals surface area (Å²) in [5.74, 6) is -0.753. The number of allylic oxidation sites excluding steroid dienone is 3. The summed E-state index contributed by atoms with van der Waals surface area (Å²) in [6, 6.07) is 3.86. The summed E-state index contributed by atoms with van der Waals surface area (Å²) in [5, 5.41) is 0.421. The molecule has 0 saturated carbocycles. The number of ether oxygens (including phenoxy) is 2. The van der Waals surface area contributed by atoms with Crippen LogP contribution in [0, 0.1) is 5.92 Å². The number of fused-ring (bicyclic) bond motifs is 1. The Morgan fingerprint density at radius 2 is 1.97 bits per heavy atom. The van der Waals surface area contributed by atoms with Gasteiger partial charge in [0.25, 0.3) is 5.91 Å². The van der Waals surface area contributed by atoms with Crippen molar-refractivity contribution in [2.45, 2.75) is 19.8 Å². The summed E-state index contributed by atoms with van der Waals surface area (Å²) in [7, 11) is 1.70. The molecule has 1 unspecified atom stereocenters. The molecule has 3 rings (SSSR count). The van der Waals surface area contributed by atoms with Gasteiger partial charge in [0.15, 0.2) is 0 Å². The fourth-order valence-corrected chi connectivity index (χ4v) is 4.58. The van der Waals surface area contributed by atoms with Crippen molar-refractivity contribution >= 4 is 23.2 Å². The monoisotopic (exact) mass is 513 g/mol. The number of benzene rings is 1. The smallest absolute Gasteiger partial charge is 0.406 e. The molecule has 0 N–H and O–H groups in total. The number of alkyl halides is 3. The van der Waals surface area contributed by atoms with E-state index < -0.39 is 6.36 Å². The van der Waals surface area contributed by atoms with Gasteiger partial charge < -0.3 is 19.3 Å². The van der Waals surface area contributed by atoms with Crippen molar-refractivity contribution in [3.8, 4) is 0 Å². The minimum atomic E-state index is -4.79. The van der Waals surface area contributed by atoms with E-state index in [1.807, 2.05) is 19.1 Å². The molecule has 0 bridgehead atoms. The number of hydrogen-bond donors (Lipinski definition) is 0. The van der Waals surface area contributed by atoms with Crippen molar-refractivity contribution in [2.75, 3.05) is 57.9 Å². The highest BCUT2D eigenvalue weighted by molar-refractivity contribution is 6.34. The summed E-state index contributed by atoms with van der Waals surface area (Å²) < 4.78 is 46.8. The van der Waals surface area contributed by atoms with Crippen molar-refractivity contribution in [1.82, 2.24) is 9.80 Å². The zero-order valence-electron chi connectivity index (χ0n) is 20.0. The number of carbonyl (C=O) groups excluding carboxylic acids is 1. The largest absolute Gasteiger partial charge is 0.573 e. The molecule has 0 aliphatic carbocycles. The fourth-order valence-electron chi connectivity index (χ4n) is 4.27. The summed E-state index contributed by atoms with van der Waals surface area (Å²) >= 11 is 6.53. The number of hydrogen-bond acceptors (Lipinski definition) is 5. The molecule has 0 aromatic heterocycles. The van der Waals surface area contributed by atoms with Gasteiger partial charge in [-0.25, -0.2) is 0 Å². The number of nitrogens with zero attached hydrogens (tertiary/aromatic N) is 3. The van der Waals surface area contributed by atoms with Gasteiger partial charge in [-0.1, -0.05) is 37.3 Å². The first-order valence-electron chi connectivity index (χ1n) is 11.5. The van der Waals surface area contributed by atoms with E-state index in [9.17, 15) is 18.0 Å². The van der Waals surface area contributed by atoms with Crippen LogP contribution in [0.3, 0.4) is 0 Å². The Bertz CT molecular complexity index is 973. The summed E-state index contributed by atoms with van der Waals surface area (Å²) in [5.41, 5.74) is 2.35. The van der Waals surface area contributed by atoms with Gasteiger partial charge in [0, 0.05) is 58.6 Å². The van der Waals surface area contributed by atoms with Crippen molar-refractivity contribution in [3.63, 3.8) is 0 Å². The molecule has 1 fully saturated rings. The lowest BCUT2D eigenvalue weighted by molar-refractivity contribution is -0.303. The van der Waals surface area contributed by atoms with Crippen LogP contribution in [-0.4, -0.2) is 75.1 Å². The molecule has 2 heterocycles. The maximum Gasteiger partial charge on any atom is 0.573 e. The highest BCUT2D eigenvalue weighted by Crippen LogP contribution is 2.34. The van der Waals surface area contributed by atoms with Crippen LogP contribution >= 0.6 is 11.6 Å². The molecule has 35 heavy (non-hydrogen) atoms. The van der Waals surface area contributed by atoms with Crippen LogP contribution in [-0.2, 0) is 16.0 Å². The number of methoxy groups -OCH3 is 1. The Labute approximate surface area is 209 Å². The first kappa shape index (κ1) is 27.1. The van der Waals surface area contributed by atoms with Gasteiger partial charge in [-0.15, -0.1) is 13.2 Å². The molecule has 0 radical (unpaired) electrons. The predicted octanol–water partition coefficient (Wildman–Crippen LogP) is 4.86. The first-order valence-corrected chi connectivity index (χ1v) is 11.8. The molecule has 1 atom stereocenters. The second-order valence-corrected chi connectivity index (χ2v) is 9.07. The van der Waals surface area contributed by atoms with Crippen LogP contribution in [0.15, 0.2) is 48.8 Å². The lowest BCUT2D eigenvalue weighted by atomic mass is 10.1. The van der Waals surface area contributed by atoms with Crippen LogP contribution in [0.25, 0.3) is 0 Å². The van der Waals surface area contributed by atoms with E-state index in [1.165, 1.54) is 12.2 Å². The third-order valence-corrected chi connectivity index (χ3v) is 6.28. The average molecular weight is 514 g/mol.